The van der Waals surface area contributed by atoms with Gasteiger partial charge in [-0.15, -0.1) is 12.4 Å². The number of hydrogen-bond donors (Lipinski definition) is 3. The second-order valence-corrected chi connectivity index (χ2v) is 3.57. The number of carbonyl (C=O) groups is 1. The Bertz CT molecular complexity index is 240. The highest BCUT2D eigenvalue weighted by Gasteiger charge is 2.23. The zero-order chi connectivity index (χ0) is 10.6. The minimum atomic E-state index is -0.741. The zero-order valence-electron chi connectivity index (χ0n) is 8.31. The number of piperidine rings is 1. The number of amidine groups is 1. The number of thiol groups is 1. The van der Waals surface area contributed by atoms with Crippen LogP contribution in [0.15, 0.2) is 0 Å². The van der Waals surface area contributed by atoms with Crippen molar-refractivity contribution in [2.24, 2.45) is 5.73 Å². The van der Waals surface area contributed by atoms with Gasteiger partial charge in [0.05, 0.1) is 6.54 Å². The number of nitrogens with zero attached hydrogens (tertiary/aromatic N) is 1. The molecule has 1 heterocycles. The van der Waals surface area contributed by atoms with E-state index in [1.54, 1.807) is 0 Å². The largest absolute Gasteiger partial charge is 0.445 e. The number of amides is 1. The van der Waals surface area contributed by atoms with E-state index in [0.29, 0.717) is 18.1 Å². The molecule has 1 fully saturated rings. The molecule has 0 aromatic heterocycles. The Labute approximate surface area is 101 Å². The molecule has 0 bridgehead atoms. The van der Waals surface area contributed by atoms with Gasteiger partial charge in [0.1, 0.15) is 11.9 Å². The van der Waals surface area contributed by atoms with Gasteiger partial charge in [0, 0.05) is 12.3 Å². The minimum Gasteiger partial charge on any atom is -0.445 e. The lowest BCUT2D eigenvalue weighted by Crippen LogP contribution is -2.44. The maximum Gasteiger partial charge on any atom is 0.404 e. The fourth-order valence-corrected chi connectivity index (χ4v) is 1.74. The Morgan fingerprint density at radius 2 is 2.33 bits per heavy atom. The molecule has 88 valence electrons. The predicted molar refractivity (Wildman–Crippen MR) is 64.1 cm³/mol. The number of hydrogen-bond acceptors (Lipinski definition) is 4. The molecular weight excluding hydrogens is 238 g/mol. The van der Waals surface area contributed by atoms with Crippen LogP contribution in [-0.2, 0) is 4.74 Å². The van der Waals surface area contributed by atoms with E-state index < -0.39 is 6.09 Å². The smallest absolute Gasteiger partial charge is 0.404 e. The standard InChI is InChI=1S/C8H15N3O2S.ClH/c9-7(5-14)11-3-1-2-6(4-11)13-8(10)12;/h6,9,14H,1-5H2,(H2,10,12);1H. The summed E-state index contributed by atoms with van der Waals surface area (Å²) in [6.07, 6.45) is 0.809. The van der Waals surface area contributed by atoms with Crippen molar-refractivity contribution >= 4 is 37.0 Å². The van der Waals surface area contributed by atoms with Crippen LogP contribution in [0.25, 0.3) is 0 Å². The second kappa shape index (κ2) is 6.79. The average Bonchev–Trinajstić information content (AvgIpc) is 2.16. The molecule has 7 heteroatoms. The molecule has 15 heavy (non-hydrogen) atoms. The third-order valence-corrected chi connectivity index (χ3v) is 2.49. The van der Waals surface area contributed by atoms with Crippen LogP contribution in [0.3, 0.4) is 0 Å². The van der Waals surface area contributed by atoms with E-state index in [1.807, 2.05) is 4.90 Å². The van der Waals surface area contributed by atoms with Crippen LogP contribution >= 0.6 is 25.0 Å². The normalized spacial score (nSPS) is 20.3. The van der Waals surface area contributed by atoms with Crippen molar-refractivity contribution in [3.8, 4) is 0 Å². The molecule has 0 aliphatic carbocycles. The Balaban J connectivity index is 0.00000196. The van der Waals surface area contributed by atoms with Crippen LogP contribution in [0, 0.1) is 5.41 Å². The van der Waals surface area contributed by atoms with E-state index in [0.717, 1.165) is 19.4 Å². The number of primary amides is 1. The molecule has 1 aliphatic heterocycles. The van der Waals surface area contributed by atoms with Gasteiger partial charge in [-0.1, -0.05) is 0 Å². The quantitative estimate of drug-likeness (QED) is 0.388. The lowest BCUT2D eigenvalue weighted by Gasteiger charge is -2.33. The maximum atomic E-state index is 10.5. The highest BCUT2D eigenvalue weighted by molar-refractivity contribution is 7.81. The fraction of sp³-hybridized carbons (Fsp3) is 0.750. The van der Waals surface area contributed by atoms with Crippen LogP contribution < -0.4 is 5.73 Å². The van der Waals surface area contributed by atoms with Gasteiger partial charge in [0.15, 0.2) is 0 Å². The van der Waals surface area contributed by atoms with Crippen LogP contribution in [0.5, 0.6) is 0 Å². The highest BCUT2D eigenvalue weighted by atomic mass is 35.5. The molecule has 5 nitrogen and oxygen atoms in total. The van der Waals surface area contributed by atoms with Crippen molar-refractivity contribution in [1.82, 2.24) is 4.90 Å². The summed E-state index contributed by atoms with van der Waals surface area (Å²) < 4.78 is 4.89. The van der Waals surface area contributed by atoms with Crippen molar-refractivity contribution in [3.63, 3.8) is 0 Å². The molecule has 0 aromatic rings. The minimum absolute atomic E-state index is 0. The van der Waals surface area contributed by atoms with Crippen molar-refractivity contribution in [2.45, 2.75) is 18.9 Å². The van der Waals surface area contributed by atoms with Crippen LogP contribution in [0.2, 0.25) is 0 Å². The summed E-state index contributed by atoms with van der Waals surface area (Å²) in [5.74, 6) is 0.870. The monoisotopic (exact) mass is 253 g/mol. The summed E-state index contributed by atoms with van der Waals surface area (Å²) in [6, 6.07) is 0. The Kier molecular flexibility index (Phi) is 6.51. The Morgan fingerprint density at radius 1 is 1.67 bits per heavy atom. The molecule has 3 N–H and O–H groups in total. The third-order valence-electron chi connectivity index (χ3n) is 2.19. The number of likely N-dealkylation sites (tertiary alicyclic amines) is 1. The van der Waals surface area contributed by atoms with Gasteiger partial charge >= 0.3 is 6.09 Å². The zero-order valence-corrected chi connectivity index (χ0v) is 10.0. The molecule has 1 saturated heterocycles. The molecular formula is C8H16ClN3O2S. The summed E-state index contributed by atoms with van der Waals surface area (Å²) in [5.41, 5.74) is 4.93. The molecule has 0 spiro atoms. The molecule has 1 unspecified atom stereocenters. The molecule has 0 saturated carbocycles. The third kappa shape index (κ3) is 4.61. The summed E-state index contributed by atoms with van der Waals surface area (Å²) >= 11 is 4.03. The SMILES string of the molecule is Cl.N=C(CS)N1CCCC(OC(N)=O)C1. The van der Waals surface area contributed by atoms with Crippen LogP contribution in [0.1, 0.15) is 12.8 Å². The van der Waals surface area contributed by atoms with Gasteiger partial charge in [-0.25, -0.2) is 4.79 Å². The van der Waals surface area contributed by atoms with Gasteiger partial charge in [0.2, 0.25) is 0 Å². The van der Waals surface area contributed by atoms with Crippen molar-refractivity contribution < 1.29 is 9.53 Å². The van der Waals surface area contributed by atoms with Gasteiger partial charge < -0.3 is 15.4 Å². The first kappa shape index (κ1) is 14.4. The molecule has 0 radical (unpaired) electrons. The molecule has 1 aliphatic rings. The predicted octanol–water partition coefficient (Wildman–Crippen LogP) is 0.875. The Morgan fingerprint density at radius 3 is 2.87 bits per heavy atom. The maximum absolute atomic E-state index is 10.5. The lowest BCUT2D eigenvalue weighted by atomic mass is 10.1. The van der Waals surface area contributed by atoms with Crippen molar-refractivity contribution in [1.29, 1.82) is 5.41 Å². The highest BCUT2D eigenvalue weighted by Crippen LogP contribution is 2.13. The summed E-state index contributed by atoms with van der Waals surface area (Å²) in [4.78, 5) is 12.4. The molecule has 0 aromatic carbocycles. The summed E-state index contributed by atoms with van der Waals surface area (Å²) in [5, 5.41) is 7.58. The number of carbonyl (C=O) groups excluding carboxylic acids is 1. The summed E-state index contributed by atoms with van der Waals surface area (Å²) in [6.45, 7) is 1.39. The first-order valence-corrected chi connectivity index (χ1v) is 5.16. The van der Waals surface area contributed by atoms with E-state index >= 15 is 0 Å². The van der Waals surface area contributed by atoms with Crippen LogP contribution in [0.4, 0.5) is 4.79 Å². The van der Waals surface area contributed by atoms with Gasteiger partial charge in [-0.2, -0.15) is 12.6 Å². The van der Waals surface area contributed by atoms with Crippen molar-refractivity contribution in [3.05, 3.63) is 0 Å². The first-order chi connectivity index (χ1) is 6.63. The van der Waals surface area contributed by atoms with Gasteiger partial charge in [-0.3, -0.25) is 5.41 Å². The van der Waals surface area contributed by atoms with E-state index in [1.165, 1.54) is 0 Å². The van der Waals surface area contributed by atoms with Crippen LogP contribution in [-0.4, -0.2) is 41.8 Å². The van der Waals surface area contributed by atoms with E-state index in [4.69, 9.17) is 15.9 Å². The van der Waals surface area contributed by atoms with E-state index in [-0.39, 0.29) is 18.5 Å². The number of rotatable bonds is 2. The fourth-order valence-electron chi connectivity index (χ4n) is 1.54. The van der Waals surface area contributed by atoms with E-state index in [2.05, 4.69) is 12.6 Å². The summed E-state index contributed by atoms with van der Waals surface area (Å²) in [7, 11) is 0. The van der Waals surface area contributed by atoms with Gasteiger partial charge in [0.25, 0.3) is 0 Å². The molecule has 1 amide bonds. The second-order valence-electron chi connectivity index (χ2n) is 3.25. The van der Waals surface area contributed by atoms with Gasteiger partial charge in [-0.05, 0) is 12.8 Å². The average molecular weight is 254 g/mol. The van der Waals surface area contributed by atoms with E-state index in [9.17, 15) is 4.79 Å². The first-order valence-electron chi connectivity index (χ1n) is 4.52. The number of nitrogens with two attached hydrogens (primary N) is 1. The number of halogens is 1. The van der Waals surface area contributed by atoms with Crippen molar-refractivity contribution in [2.75, 3.05) is 18.8 Å². The lowest BCUT2D eigenvalue weighted by molar-refractivity contribution is 0.0678. The number of ether oxygens (including phenoxy) is 1. The number of nitrogens with one attached hydrogen (secondary N) is 1. The topological polar surface area (TPSA) is 79.4 Å². The molecule has 1 rings (SSSR count). The Hall–Kier alpha value is -0.620. The molecule has 1 atom stereocenters.